The van der Waals surface area contributed by atoms with Crippen LogP contribution in [0, 0.1) is 0 Å². The summed E-state index contributed by atoms with van der Waals surface area (Å²) in [5, 5.41) is 2.99. The van der Waals surface area contributed by atoms with Crippen molar-refractivity contribution in [2.24, 2.45) is 0 Å². The quantitative estimate of drug-likeness (QED) is 0.520. The number of carbonyl (C=O) groups excluding carboxylic acids is 2. The standard InChI is InChI=1S/C26H29N3O3/c1-3-8-24(30)29(19-20-12-14-23(32-2)15-13-20)25(22-10-5-4-6-11-22)26(31)28-18-21-9-7-16-27-17-21/h4-7,9-17,25H,3,8,18-19H2,1-2H3,(H,28,31)/t25-/m0/s1. The molecule has 0 fully saturated rings. The van der Waals surface area contributed by atoms with Gasteiger partial charge in [0.1, 0.15) is 11.8 Å². The van der Waals surface area contributed by atoms with E-state index >= 15 is 0 Å². The highest BCUT2D eigenvalue weighted by Gasteiger charge is 2.31. The molecule has 0 radical (unpaired) electrons. The van der Waals surface area contributed by atoms with Crippen molar-refractivity contribution in [3.63, 3.8) is 0 Å². The van der Waals surface area contributed by atoms with Crippen LogP contribution >= 0.6 is 0 Å². The lowest BCUT2D eigenvalue weighted by molar-refractivity contribution is -0.141. The van der Waals surface area contributed by atoms with E-state index in [4.69, 9.17) is 4.74 Å². The summed E-state index contributed by atoms with van der Waals surface area (Å²) < 4.78 is 5.24. The Hall–Kier alpha value is -3.67. The summed E-state index contributed by atoms with van der Waals surface area (Å²) in [6.45, 7) is 2.63. The molecule has 0 bridgehead atoms. The van der Waals surface area contributed by atoms with Crippen LogP contribution in [0.5, 0.6) is 5.75 Å². The van der Waals surface area contributed by atoms with Crippen molar-refractivity contribution in [3.05, 3.63) is 95.8 Å². The minimum Gasteiger partial charge on any atom is -0.497 e. The Morgan fingerprint density at radius 3 is 2.38 bits per heavy atom. The van der Waals surface area contributed by atoms with Crippen molar-refractivity contribution in [2.75, 3.05) is 7.11 Å². The summed E-state index contributed by atoms with van der Waals surface area (Å²) in [4.78, 5) is 32.4. The molecule has 1 N–H and O–H groups in total. The molecular formula is C26H29N3O3. The molecule has 2 aromatic carbocycles. The number of nitrogens with zero attached hydrogens (tertiary/aromatic N) is 2. The fraction of sp³-hybridized carbons (Fsp3) is 0.269. The smallest absolute Gasteiger partial charge is 0.247 e. The summed E-state index contributed by atoms with van der Waals surface area (Å²) >= 11 is 0. The summed E-state index contributed by atoms with van der Waals surface area (Å²) in [7, 11) is 1.62. The summed E-state index contributed by atoms with van der Waals surface area (Å²) in [5.41, 5.74) is 2.60. The fourth-order valence-electron chi connectivity index (χ4n) is 3.51. The van der Waals surface area contributed by atoms with Crippen LogP contribution in [0.4, 0.5) is 0 Å². The predicted molar refractivity (Wildman–Crippen MR) is 124 cm³/mol. The van der Waals surface area contributed by atoms with E-state index in [1.54, 1.807) is 24.4 Å². The summed E-state index contributed by atoms with van der Waals surface area (Å²) in [5.74, 6) is 0.459. The van der Waals surface area contributed by atoms with Gasteiger partial charge < -0.3 is 15.0 Å². The van der Waals surface area contributed by atoms with Gasteiger partial charge >= 0.3 is 0 Å². The first-order valence-electron chi connectivity index (χ1n) is 10.8. The van der Waals surface area contributed by atoms with Gasteiger partial charge in [-0.05, 0) is 41.3 Å². The highest BCUT2D eigenvalue weighted by molar-refractivity contribution is 5.88. The highest BCUT2D eigenvalue weighted by atomic mass is 16.5. The average molecular weight is 432 g/mol. The van der Waals surface area contributed by atoms with Crippen LogP contribution in [-0.2, 0) is 22.7 Å². The monoisotopic (exact) mass is 431 g/mol. The van der Waals surface area contributed by atoms with E-state index in [1.807, 2.05) is 73.7 Å². The molecule has 0 spiro atoms. The van der Waals surface area contributed by atoms with Crippen LogP contribution in [0.25, 0.3) is 0 Å². The molecule has 1 atom stereocenters. The molecular weight excluding hydrogens is 402 g/mol. The molecule has 0 saturated carbocycles. The zero-order valence-corrected chi connectivity index (χ0v) is 18.5. The topological polar surface area (TPSA) is 71.5 Å². The number of nitrogens with one attached hydrogen (secondary N) is 1. The van der Waals surface area contributed by atoms with Crippen LogP contribution in [0.2, 0.25) is 0 Å². The third-order valence-corrected chi connectivity index (χ3v) is 5.16. The fourth-order valence-corrected chi connectivity index (χ4v) is 3.51. The number of aromatic nitrogens is 1. The maximum absolute atomic E-state index is 13.4. The van der Waals surface area contributed by atoms with Gasteiger partial charge in [-0.25, -0.2) is 0 Å². The van der Waals surface area contributed by atoms with E-state index < -0.39 is 6.04 Å². The van der Waals surface area contributed by atoms with Crippen LogP contribution in [0.15, 0.2) is 79.1 Å². The van der Waals surface area contributed by atoms with Crippen molar-refractivity contribution in [3.8, 4) is 5.75 Å². The van der Waals surface area contributed by atoms with E-state index in [0.29, 0.717) is 25.9 Å². The highest BCUT2D eigenvalue weighted by Crippen LogP contribution is 2.25. The molecule has 0 aliphatic rings. The number of amides is 2. The van der Waals surface area contributed by atoms with E-state index in [0.717, 1.165) is 22.4 Å². The zero-order chi connectivity index (χ0) is 22.8. The number of carbonyl (C=O) groups is 2. The molecule has 3 rings (SSSR count). The van der Waals surface area contributed by atoms with Gasteiger partial charge in [0.15, 0.2) is 0 Å². The normalized spacial score (nSPS) is 11.4. The number of pyridine rings is 1. The van der Waals surface area contributed by atoms with Gasteiger partial charge in [-0.3, -0.25) is 14.6 Å². The van der Waals surface area contributed by atoms with Gasteiger partial charge in [0.05, 0.1) is 7.11 Å². The van der Waals surface area contributed by atoms with Crippen LogP contribution < -0.4 is 10.1 Å². The Kier molecular flexibility index (Phi) is 8.37. The maximum atomic E-state index is 13.4. The molecule has 32 heavy (non-hydrogen) atoms. The van der Waals surface area contributed by atoms with Gasteiger partial charge in [-0.15, -0.1) is 0 Å². The minimum absolute atomic E-state index is 0.0614. The number of benzene rings is 2. The Bertz CT molecular complexity index is 992. The van der Waals surface area contributed by atoms with Crippen molar-refractivity contribution in [1.29, 1.82) is 0 Å². The largest absolute Gasteiger partial charge is 0.497 e. The van der Waals surface area contributed by atoms with E-state index in [9.17, 15) is 9.59 Å². The number of methoxy groups -OCH3 is 1. The molecule has 1 heterocycles. The van der Waals surface area contributed by atoms with Crippen molar-refractivity contribution in [2.45, 2.75) is 38.9 Å². The molecule has 2 amide bonds. The van der Waals surface area contributed by atoms with E-state index in [1.165, 1.54) is 0 Å². The molecule has 1 aromatic heterocycles. The zero-order valence-electron chi connectivity index (χ0n) is 18.5. The summed E-state index contributed by atoms with van der Waals surface area (Å²) in [6.07, 6.45) is 4.49. The van der Waals surface area contributed by atoms with Crippen molar-refractivity contribution >= 4 is 11.8 Å². The lowest BCUT2D eigenvalue weighted by Gasteiger charge is -2.31. The number of rotatable bonds is 10. The molecule has 166 valence electrons. The molecule has 6 heteroatoms. The Morgan fingerprint density at radius 1 is 1.00 bits per heavy atom. The number of ether oxygens (including phenoxy) is 1. The third kappa shape index (κ3) is 6.17. The lowest BCUT2D eigenvalue weighted by atomic mass is 10.0. The Morgan fingerprint density at radius 2 is 1.75 bits per heavy atom. The number of hydrogen-bond donors (Lipinski definition) is 1. The Balaban J connectivity index is 1.90. The predicted octanol–water partition coefficient (Wildman–Crippen LogP) is 4.28. The molecule has 0 saturated heterocycles. The second-order valence-corrected chi connectivity index (χ2v) is 7.51. The van der Waals surface area contributed by atoms with E-state index in [2.05, 4.69) is 10.3 Å². The summed E-state index contributed by atoms with van der Waals surface area (Å²) in [6, 6.07) is 20.0. The van der Waals surface area contributed by atoms with Crippen molar-refractivity contribution in [1.82, 2.24) is 15.2 Å². The lowest BCUT2D eigenvalue weighted by Crippen LogP contribution is -2.43. The van der Waals surface area contributed by atoms with Gasteiger partial charge in [-0.1, -0.05) is 55.5 Å². The first kappa shape index (κ1) is 23.0. The second-order valence-electron chi connectivity index (χ2n) is 7.51. The van der Waals surface area contributed by atoms with Crippen molar-refractivity contribution < 1.29 is 14.3 Å². The second kappa shape index (κ2) is 11.6. The first-order valence-corrected chi connectivity index (χ1v) is 10.8. The molecule has 6 nitrogen and oxygen atoms in total. The molecule has 0 aliphatic heterocycles. The molecule has 3 aromatic rings. The van der Waals surface area contributed by atoms with Crippen LogP contribution in [-0.4, -0.2) is 28.8 Å². The molecule has 0 aliphatic carbocycles. The van der Waals surface area contributed by atoms with Crippen LogP contribution in [0.3, 0.4) is 0 Å². The third-order valence-electron chi connectivity index (χ3n) is 5.16. The van der Waals surface area contributed by atoms with Gasteiger partial charge in [0.2, 0.25) is 11.8 Å². The van der Waals surface area contributed by atoms with Gasteiger partial charge in [-0.2, -0.15) is 0 Å². The average Bonchev–Trinajstić information content (AvgIpc) is 2.84. The minimum atomic E-state index is -0.742. The SMILES string of the molecule is CCCC(=O)N(Cc1ccc(OC)cc1)[C@H](C(=O)NCc1cccnc1)c1ccccc1. The van der Waals surface area contributed by atoms with Crippen LogP contribution in [0.1, 0.15) is 42.5 Å². The maximum Gasteiger partial charge on any atom is 0.247 e. The first-order chi connectivity index (χ1) is 15.6. The number of hydrogen-bond acceptors (Lipinski definition) is 4. The Labute approximate surface area is 189 Å². The van der Waals surface area contributed by atoms with E-state index in [-0.39, 0.29) is 11.8 Å². The van der Waals surface area contributed by atoms with Gasteiger partial charge in [0.25, 0.3) is 0 Å². The molecule has 0 unspecified atom stereocenters. The van der Waals surface area contributed by atoms with Gasteiger partial charge in [0, 0.05) is 31.9 Å².